The van der Waals surface area contributed by atoms with Gasteiger partial charge < -0.3 is 5.73 Å². The van der Waals surface area contributed by atoms with Crippen molar-refractivity contribution in [2.45, 2.75) is 30.9 Å². The van der Waals surface area contributed by atoms with Crippen molar-refractivity contribution in [1.29, 1.82) is 0 Å². The highest BCUT2D eigenvalue weighted by atomic mass is 32.2. The first-order chi connectivity index (χ1) is 9.32. The van der Waals surface area contributed by atoms with Crippen molar-refractivity contribution >= 4 is 15.7 Å². The van der Waals surface area contributed by atoms with Crippen LogP contribution in [0, 0.1) is 6.92 Å². The Hall–Kier alpha value is -1.95. The van der Waals surface area contributed by atoms with Gasteiger partial charge in [-0.3, -0.25) is 0 Å². The maximum atomic E-state index is 12.0. The number of nitrogens with zero attached hydrogens (tertiary/aromatic N) is 2. The van der Waals surface area contributed by atoms with E-state index in [4.69, 9.17) is 5.73 Å². The smallest absolute Gasteiger partial charge is 0.180 e. The third kappa shape index (κ3) is 2.65. The summed E-state index contributed by atoms with van der Waals surface area (Å²) in [6.45, 7) is 5.11. The summed E-state index contributed by atoms with van der Waals surface area (Å²) in [5.41, 5.74) is 7.76. The molecule has 0 fully saturated rings. The molecule has 6 heteroatoms. The van der Waals surface area contributed by atoms with E-state index < -0.39 is 15.1 Å². The molecule has 1 heterocycles. The number of aryl methyl sites for hydroxylation is 1. The Bertz CT molecular complexity index is 723. The molecule has 0 bridgehead atoms. The van der Waals surface area contributed by atoms with E-state index >= 15 is 0 Å². The molecule has 2 rings (SSSR count). The lowest BCUT2D eigenvalue weighted by atomic mass is 10.1. The highest BCUT2D eigenvalue weighted by molar-refractivity contribution is 7.92. The summed E-state index contributed by atoms with van der Waals surface area (Å²) >= 11 is 0. The van der Waals surface area contributed by atoms with Crippen molar-refractivity contribution in [3.63, 3.8) is 0 Å². The summed E-state index contributed by atoms with van der Waals surface area (Å²) in [4.78, 5) is 8.70. The molecule has 0 spiro atoms. The van der Waals surface area contributed by atoms with E-state index in [1.165, 1.54) is 0 Å². The standard InChI is InChI=1S/C14H17N3O2S/c1-9(2)20(18,19)12-6-4-11(5-7-12)13-8-16-14(15)10(3)17-13/h4-9H,1-3H3,(H2,15,16). The zero-order valence-electron chi connectivity index (χ0n) is 11.7. The lowest BCUT2D eigenvalue weighted by Gasteiger charge is -2.09. The van der Waals surface area contributed by atoms with Crippen molar-refractivity contribution in [3.8, 4) is 11.3 Å². The molecule has 2 N–H and O–H groups in total. The summed E-state index contributed by atoms with van der Waals surface area (Å²) in [7, 11) is -3.25. The van der Waals surface area contributed by atoms with Gasteiger partial charge in [-0.05, 0) is 32.9 Å². The molecule has 5 nitrogen and oxygen atoms in total. The first kappa shape index (κ1) is 14.5. The number of aromatic nitrogens is 2. The summed E-state index contributed by atoms with van der Waals surface area (Å²) in [6.07, 6.45) is 1.58. The van der Waals surface area contributed by atoms with Crippen molar-refractivity contribution in [1.82, 2.24) is 9.97 Å². The van der Waals surface area contributed by atoms with Gasteiger partial charge in [0.1, 0.15) is 5.82 Å². The SMILES string of the molecule is Cc1nc(-c2ccc(S(=O)(=O)C(C)C)cc2)cnc1N. The number of hydrogen-bond acceptors (Lipinski definition) is 5. The predicted molar refractivity (Wildman–Crippen MR) is 78.9 cm³/mol. The zero-order valence-corrected chi connectivity index (χ0v) is 12.5. The van der Waals surface area contributed by atoms with E-state index in [1.807, 2.05) is 0 Å². The molecule has 0 saturated carbocycles. The third-order valence-corrected chi connectivity index (χ3v) is 5.25. The second kappa shape index (κ2) is 5.20. The fraction of sp³-hybridized carbons (Fsp3) is 0.286. The van der Waals surface area contributed by atoms with E-state index in [1.54, 1.807) is 51.2 Å². The number of anilines is 1. The number of benzene rings is 1. The fourth-order valence-corrected chi connectivity index (χ4v) is 2.78. The van der Waals surface area contributed by atoms with E-state index in [0.29, 0.717) is 22.1 Å². The third-order valence-electron chi connectivity index (χ3n) is 3.08. The maximum absolute atomic E-state index is 12.0. The van der Waals surface area contributed by atoms with Crippen LogP contribution >= 0.6 is 0 Å². The van der Waals surface area contributed by atoms with Crippen molar-refractivity contribution in [2.75, 3.05) is 5.73 Å². The molecule has 0 atom stereocenters. The van der Waals surface area contributed by atoms with Crippen LogP contribution in [0.4, 0.5) is 5.82 Å². The second-order valence-corrected chi connectivity index (χ2v) is 7.35. The Morgan fingerprint density at radius 2 is 1.75 bits per heavy atom. The first-order valence-corrected chi connectivity index (χ1v) is 7.80. The summed E-state index contributed by atoms with van der Waals surface area (Å²) in [5.74, 6) is 0.396. The van der Waals surface area contributed by atoms with Crippen LogP contribution in [-0.2, 0) is 9.84 Å². The Labute approximate surface area is 118 Å². The van der Waals surface area contributed by atoms with Gasteiger partial charge in [-0.2, -0.15) is 0 Å². The fourth-order valence-electron chi connectivity index (χ4n) is 1.72. The molecule has 1 aromatic carbocycles. The molecule has 2 aromatic rings. The van der Waals surface area contributed by atoms with Crippen LogP contribution in [0.5, 0.6) is 0 Å². The van der Waals surface area contributed by atoms with Gasteiger partial charge in [0.2, 0.25) is 0 Å². The Morgan fingerprint density at radius 3 is 2.25 bits per heavy atom. The van der Waals surface area contributed by atoms with Crippen LogP contribution in [-0.4, -0.2) is 23.6 Å². The molecule has 0 aliphatic carbocycles. The highest BCUT2D eigenvalue weighted by Crippen LogP contribution is 2.22. The largest absolute Gasteiger partial charge is 0.382 e. The topological polar surface area (TPSA) is 85.9 Å². The number of sulfone groups is 1. The van der Waals surface area contributed by atoms with Crippen molar-refractivity contribution in [2.24, 2.45) is 0 Å². The number of rotatable bonds is 3. The van der Waals surface area contributed by atoms with Gasteiger partial charge >= 0.3 is 0 Å². The molecule has 0 saturated heterocycles. The van der Waals surface area contributed by atoms with Gasteiger partial charge in [0.25, 0.3) is 0 Å². The molecule has 20 heavy (non-hydrogen) atoms. The highest BCUT2D eigenvalue weighted by Gasteiger charge is 2.18. The average molecular weight is 291 g/mol. The molecule has 0 unspecified atom stereocenters. The van der Waals surface area contributed by atoms with Gasteiger partial charge in [0.15, 0.2) is 9.84 Å². The zero-order chi connectivity index (χ0) is 14.9. The minimum Gasteiger partial charge on any atom is -0.382 e. The van der Waals surface area contributed by atoms with Crippen molar-refractivity contribution < 1.29 is 8.42 Å². The lowest BCUT2D eigenvalue weighted by Crippen LogP contribution is -2.13. The van der Waals surface area contributed by atoms with Crippen molar-refractivity contribution in [3.05, 3.63) is 36.2 Å². The molecular weight excluding hydrogens is 274 g/mol. The molecule has 0 aliphatic rings. The molecule has 106 valence electrons. The Morgan fingerprint density at radius 1 is 1.15 bits per heavy atom. The van der Waals surface area contributed by atoms with Crippen LogP contribution < -0.4 is 5.73 Å². The summed E-state index contributed by atoms with van der Waals surface area (Å²) < 4.78 is 24.1. The lowest BCUT2D eigenvalue weighted by molar-refractivity contribution is 0.587. The summed E-state index contributed by atoms with van der Waals surface area (Å²) in [6, 6.07) is 6.65. The number of nitrogens with two attached hydrogens (primary N) is 1. The van der Waals surface area contributed by atoms with Crippen LogP contribution in [0.3, 0.4) is 0 Å². The number of hydrogen-bond donors (Lipinski definition) is 1. The first-order valence-electron chi connectivity index (χ1n) is 6.26. The van der Waals surface area contributed by atoms with Crippen LogP contribution in [0.25, 0.3) is 11.3 Å². The van der Waals surface area contributed by atoms with Crippen LogP contribution in [0.1, 0.15) is 19.5 Å². The average Bonchev–Trinajstić information content (AvgIpc) is 2.42. The molecule has 0 radical (unpaired) electrons. The molecule has 0 aliphatic heterocycles. The number of nitrogen functional groups attached to an aromatic ring is 1. The minimum absolute atomic E-state index is 0.316. The molecule has 1 aromatic heterocycles. The van der Waals surface area contributed by atoms with Gasteiger partial charge in [0, 0.05) is 5.56 Å². The van der Waals surface area contributed by atoms with Gasteiger partial charge in [0.05, 0.1) is 27.7 Å². The minimum atomic E-state index is -3.25. The monoisotopic (exact) mass is 291 g/mol. The quantitative estimate of drug-likeness (QED) is 0.937. The van der Waals surface area contributed by atoms with Gasteiger partial charge in [-0.15, -0.1) is 0 Å². The Kier molecular flexibility index (Phi) is 3.76. The predicted octanol–water partition coefficient (Wildman–Crippen LogP) is 2.22. The van der Waals surface area contributed by atoms with Crippen LogP contribution in [0.2, 0.25) is 0 Å². The van der Waals surface area contributed by atoms with E-state index in [9.17, 15) is 8.42 Å². The van der Waals surface area contributed by atoms with Gasteiger partial charge in [-0.1, -0.05) is 12.1 Å². The molecule has 0 amide bonds. The van der Waals surface area contributed by atoms with E-state index in [-0.39, 0.29) is 0 Å². The molecular formula is C14H17N3O2S. The summed E-state index contributed by atoms with van der Waals surface area (Å²) in [5, 5.41) is -0.438. The maximum Gasteiger partial charge on any atom is 0.180 e. The van der Waals surface area contributed by atoms with E-state index in [0.717, 1.165) is 5.56 Å². The van der Waals surface area contributed by atoms with Gasteiger partial charge in [-0.25, -0.2) is 18.4 Å². The second-order valence-electron chi connectivity index (χ2n) is 4.84. The normalized spacial score (nSPS) is 11.8. The Balaban J connectivity index is 2.40. The van der Waals surface area contributed by atoms with E-state index in [2.05, 4.69) is 9.97 Å². The van der Waals surface area contributed by atoms with Crippen LogP contribution in [0.15, 0.2) is 35.4 Å².